The molecular weight excluding hydrogens is 304 g/mol. The highest BCUT2D eigenvalue weighted by atomic mass is 35.5. The molecule has 21 heavy (non-hydrogen) atoms. The fraction of sp³-hybridized carbons (Fsp3) is 0.0667. The summed E-state index contributed by atoms with van der Waals surface area (Å²) in [4.78, 5) is 4.32. The number of fused-ring (bicyclic) bond motifs is 1. The smallest absolute Gasteiger partial charge is 0.213 e. The summed E-state index contributed by atoms with van der Waals surface area (Å²) in [6, 6.07) is 11.5. The average molecular weight is 317 g/mol. The van der Waals surface area contributed by atoms with E-state index in [9.17, 15) is 0 Å². The van der Waals surface area contributed by atoms with Crippen molar-refractivity contribution in [3.05, 3.63) is 59.4 Å². The van der Waals surface area contributed by atoms with E-state index in [1.165, 1.54) is 0 Å². The minimum atomic E-state index is 0.483. The van der Waals surface area contributed by atoms with Crippen LogP contribution in [0.2, 0.25) is 5.02 Å². The molecule has 4 nitrogen and oxygen atoms in total. The SMILES string of the molecule is Cc1cc(Cl)ccc1NC(=S)Nc1ncc2ccccn12. The number of aryl methyl sites for hydroxylation is 1. The molecule has 2 aromatic heterocycles. The zero-order valence-electron chi connectivity index (χ0n) is 11.3. The number of nitrogens with zero attached hydrogens (tertiary/aromatic N) is 2. The van der Waals surface area contributed by atoms with Gasteiger partial charge < -0.3 is 10.6 Å². The fourth-order valence-electron chi connectivity index (χ4n) is 2.06. The Hall–Kier alpha value is -2.11. The third-order valence-corrected chi connectivity index (χ3v) is 3.54. The molecule has 0 atom stereocenters. The van der Waals surface area contributed by atoms with Gasteiger partial charge in [-0.05, 0) is 55.0 Å². The summed E-state index contributed by atoms with van der Waals surface area (Å²) in [6.45, 7) is 1.97. The topological polar surface area (TPSA) is 41.4 Å². The minimum absolute atomic E-state index is 0.483. The van der Waals surface area contributed by atoms with Crippen LogP contribution in [0, 0.1) is 6.92 Å². The van der Waals surface area contributed by atoms with E-state index in [0.29, 0.717) is 16.1 Å². The number of rotatable bonds is 2. The number of hydrogen-bond acceptors (Lipinski definition) is 2. The second-order valence-corrected chi connectivity index (χ2v) is 5.46. The predicted octanol–water partition coefficient (Wildman–Crippen LogP) is 4.11. The van der Waals surface area contributed by atoms with Crippen molar-refractivity contribution in [1.82, 2.24) is 9.38 Å². The number of hydrogen-bond donors (Lipinski definition) is 2. The molecule has 6 heteroatoms. The van der Waals surface area contributed by atoms with Crippen LogP contribution in [0.25, 0.3) is 5.52 Å². The van der Waals surface area contributed by atoms with Crippen molar-refractivity contribution < 1.29 is 0 Å². The van der Waals surface area contributed by atoms with Gasteiger partial charge in [-0.2, -0.15) is 0 Å². The molecule has 3 rings (SSSR count). The van der Waals surface area contributed by atoms with Gasteiger partial charge in [0.2, 0.25) is 5.95 Å². The second-order valence-electron chi connectivity index (χ2n) is 4.62. The largest absolute Gasteiger partial charge is 0.332 e. The molecule has 0 fully saturated rings. The van der Waals surface area contributed by atoms with E-state index in [4.69, 9.17) is 23.8 Å². The lowest BCUT2D eigenvalue weighted by molar-refractivity contribution is 1.16. The number of thiocarbonyl (C=S) groups is 1. The molecule has 0 radical (unpaired) electrons. The molecule has 0 aliphatic rings. The lowest BCUT2D eigenvalue weighted by atomic mass is 10.2. The molecule has 0 saturated carbocycles. The van der Waals surface area contributed by atoms with E-state index in [2.05, 4.69) is 15.6 Å². The quantitative estimate of drug-likeness (QED) is 0.698. The molecule has 0 spiro atoms. The normalized spacial score (nSPS) is 10.6. The Morgan fingerprint density at radius 1 is 1.24 bits per heavy atom. The highest BCUT2D eigenvalue weighted by Crippen LogP contribution is 2.20. The maximum Gasteiger partial charge on any atom is 0.213 e. The first kappa shape index (κ1) is 13.9. The Bertz CT molecular complexity index is 812. The Morgan fingerprint density at radius 2 is 2.10 bits per heavy atom. The standard InChI is InChI=1S/C15H13ClN4S/c1-10-8-11(16)5-6-13(10)18-15(21)19-14-17-9-12-4-2-3-7-20(12)14/h2-9H,1H3,(H2,17,18,19,21). The highest BCUT2D eigenvalue weighted by molar-refractivity contribution is 7.80. The van der Waals surface area contributed by atoms with E-state index in [1.807, 2.05) is 53.9 Å². The van der Waals surface area contributed by atoms with Crippen molar-refractivity contribution >= 4 is 46.1 Å². The van der Waals surface area contributed by atoms with Gasteiger partial charge in [-0.15, -0.1) is 0 Å². The fourth-order valence-corrected chi connectivity index (χ4v) is 2.49. The average Bonchev–Trinajstić information content (AvgIpc) is 2.85. The van der Waals surface area contributed by atoms with Crippen molar-refractivity contribution in [1.29, 1.82) is 0 Å². The number of halogens is 1. The molecule has 0 amide bonds. The maximum absolute atomic E-state index is 5.94. The molecule has 3 aromatic rings. The van der Waals surface area contributed by atoms with Gasteiger partial charge in [0.15, 0.2) is 5.11 Å². The minimum Gasteiger partial charge on any atom is -0.332 e. The molecule has 0 aliphatic heterocycles. The first-order valence-corrected chi connectivity index (χ1v) is 7.18. The van der Waals surface area contributed by atoms with Gasteiger partial charge in [0.25, 0.3) is 0 Å². The van der Waals surface area contributed by atoms with Crippen LogP contribution >= 0.6 is 23.8 Å². The molecule has 0 aliphatic carbocycles. The molecule has 0 unspecified atom stereocenters. The van der Waals surface area contributed by atoms with Gasteiger partial charge >= 0.3 is 0 Å². The summed E-state index contributed by atoms with van der Waals surface area (Å²) in [5, 5.41) is 7.43. The molecule has 0 bridgehead atoms. The van der Waals surface area contributed by atoms with Crippen LogP contribution in [0.5, 0.6) is 0 Å². The van der Waals surface area contributed by atoms with Crippen molar-refractivity contribution in [3.63, 3.8) is 0 Å². The lowest BCUT2D eigenvalue weighted by Crippen LogP contribution is -2.21. The van der Waals surface area contributed by atoms with Gasteiger partial charge in [0.1, 0.15) is 0 Å². The molecule has 2 heterocycles. The van der Waals surface area contributed by atoms with Crippen LogP contribution in [0.15, 0.2) is 48.8 Å². The summed E-state index contributed by atoms with van der Waals surface area (Å²) < 4.78 is 1.93. The van der Waals surface area contributed by atoms with Gasteiger partial charge in [-0.1, -0.05) is 17.7 Å². The van der Waals surface area contributed by atoms with Crippen molar-refractivity contribution in [2.24, 2.45) is 0 Å². The number of aromatic nitrogens is 2. The molecule has 0 saturated heterocycles. The molecule has 2 N–H and O–H groups in total. The van der Waals surface area contributed by atoms with Gasteiger partial charge in [-0.3, -0.25) is 4.40 Å². The Balaban J connectivity index is 1.77. The van der Waals surface area contributed by atoms with Crippen LogP contribution in [0.1, 0.15) is 5.56 Å². The maximum atomic E-state index is 5.94. The lowest BCUT2D eigenvalue weighted by Gasteiger charge is -2.12. The number of imidazole rings is 1. The Kier molecular flexibility index (Phi) is 3.77. The van der Waals surface area contributed by atoms with Gasteiger partial charge in [0.05, 0.1) is 11.7 Å². The monoisotopic (exact) mass is 316 g/mol. The molecule has 106 valence electrons. The number of pyridine rings is 1. The number of anilines is 2. The van der Waals surface area contributed by atoms with Crippen LogP contribution in [-0.2, 0) is 0 Å². The zero-order chi connectivity index (χ0) is 14.8. The number of benzene rings is 1. The third kappa shape index (κ3) is 2.99. The van der Waals surface area contributed by atoms with Crippen LogP contribution < -0.4 is 10.6 Å². The van der Waals surface area contributed by atoms with E-state index >= 15 is 0 Å². The second kappa shape index (κ2) is 5.71. The summed E-state index contributed by atoms with van der Waals surface area (Å²) in [7, 11) is 0. The third-order valence-electron chi connectivity index (χ3n) is 3.10. The Labute approximate surface area is 132 Å². The van der Waals surface area contributed by atoms with E-state index < -0.39 is 0 Å². The van der Waals surface area contributed by atoms with E-state index in [1.54, 1.807) is 6.20 Å². The predicted molar refractivity (Wildman–Crippen MR) is 91.2 cm³/mol. The van der Waals surface area contributed by atoms with Crippen molar-refractivity contribution in [2.45, 2.75) is 6.92 Å². The first-order valence-electron chi connectivity index (χ1n) is 6.40. The van der Waals surface area contributed by atoms with Crippen LogP contribution in [0.3, 0.4) is 0 Å². The van der Waals surface area contributed by atoms with Crippen LogP contribution in [-0.4, -0.2) is 14.5 Å². The Morgan fingerprint density at radius 3 is 2.90 bits per heavy atom. The summed E-state index contributed by atoms with van der Waals surface area (Å²) >= 11 is 11.3. The summed E-state index contributed by atoms with van der Waals surface area (Å²) in [5.41, 5.74) is 2.95. The van der Waals surface area contributed by atoms with Gasteiger partial charge in [-0.25, -0.2) is 4.98 Å². The molecule has 1 aromatic carbocycles. The molecular formula is C15H13ClN4S. The highest BCUT2D eigenvalue weighted by Gasteiger charge is 2.06. The summed E-state index contributed by atoms with van der Waals surface area (Å²) in [5.74, 6) is 0.676. The zero-order valence-corrected chi connectivity index (χ0v) is 12.9. The van der Waals surface area contributed by atoms with Gasteiger partial charge in [0, 0.05) is 16.9 Å². The number of nitrogens with one attached hydrogen (secondary N) is 2. The van der Waals surface area contributed by atoms with E-state index in [-0.39, 0.29) is 0 Å². The van der Waals surface area contributed by atoms with Crippen LogP contribution in [0.4, 0.5) is 11.6 Å². The summed E-state index contributed by atoms with van der Waals surface area (Å²) in [6.07, 6.45) is 3.72. The van der Waals surface area contributed by atoms with E-state index in [0.717, 1.165) is 16.8 Å². The first-order chi connectivity index (χ1) is 10.1. The van der Waals surface area contributed by atoms with Crippen molar-refractivity contribution in [3.8, 4) is 0 Å². The van der Waals surface area contributed by atoms with Crippen molar-refractivity contribution in [2.75, 3.05) is 10.6 Å².